The lowest BCUT2D eigenvalue weighted by Gasteiger charge is -2.14. The number of nitrogens with zero attached hydrogens (tertiary/aromatic N) is 2. The van der Waals surface area contributed by atoms with Crippen molar-refractivity contribution in [3.63, 3.8) is 0 Å². The highest BCUT2D eigenvalue weighted by Crippen LogP contribution is 2.38. The number of nitrogens with one attached hydrogen (secondary N) is 1. The van der Waals surface area contributed by atoms with Gasteiger partial charge in [-0.15, -0.1) is 0 Å². The van der Waals surface area contributed by atoms with E-state index in [0.717, 1.165) is 23.5 Å². The molecule has 6 heteroatoms. The van der Waals surface area contributed by atoms with E-state index in [2.05, 4.69) is 37.5 Å². The molecule has 2 aromatic carbocycles. The highest BCUT2D eigenvalue weighted by molar-refractivity contribution is 5.53. The summed E-state index contributed by atoms with van der Waals surface area (Å²) in [6.45, 7) is 5.72. The third-order valence-corrected chi connectivity index (χ3v) is 4.76. The molecule has 0 saturated carbocycles. The van der Waals surface area contributed by atoms with Gasteiger partial charge in [-0.3, -0.25) is 0 Å². The lowest BCUT2D eigenvalue weighted by atomic mass is 10.1. The van der Waals surface area contributed by atoms with Crippen LogP contribution >= 0.6 is 0 Å². The Hall–Kier alpha value is -2.99. The first-order chi connectivity index (χ1) is 14.1. The van der Waals surface area contributed by atoms with Gasteiger partial charge >= 0.3 is 0 Å². The molecular weight excluding hydrogens is 366 g/mol. The molecule has 0 fully saturated rings. The maximum absolute atomic E-state index is 5.44. The van der Waals surface area contributed by atoms with Crippen LogP contribution in [0.15, 0.2) is 48.7 Å². The molecule has 0 saturated heterocycles. The van der Waals surface area contributed by atoms with E-state index >= 15 is 0 Å². The van der Waals surface area contributed by atoms with Gasteiger partial charge in [0.25, 0.3) is 0 Å². The summed E-state index contributed by atoms with van der Waals surface area (Å²) in [7, 11) is 4.86. The Morgan fingerprint density at radius 3 is 2.14 bits per heavy atom. The minimum Gasteiger partial charge on any atom is -0.493 e. The fourth-order valence-electron chi connectivity index (χ4n) is 3.34. The second kappa shape index (κ2) is 9.47. The molecule has 0 amide bonds. The normalized spacial score (nSPS) is 11.0. The number of aromatic nitrogens is 2. The molecule has 1 aromatic heterocycles. The van der Waals surface area contributed by atoms with Crippen LogP contribution < -0.4 is 19.5 Å². The summed E-state index contributed by atoms with van der Waals surface area (Å²) in [5.74, 6) is 2.26. The number of rotatable bonds is 9. The number of methoxy groups -OCH3 is 3. The molecule has 0 unspecified atom stereocenters. The maximum atomic E-state index is 5.44. The summed E-state index contributed by atoms with van der Waals surface area (Å²) in [6, 6.07) is 14.1. The Bertz CT molecular complexity index is 911. The van der Waals surface area contributed by atoms with Gasteiger partial charge in [-0.05, 0) is 35.7 Å². The van der Waals surface area contributed by atoms with Crippen molar-refractivity contribution in [1.82, 2.24) is 15.1 Å². The lowest BCUT2D eigenvalue weighted by Crippen LogP contribution is -2.14. The second-order valence-corrected chi connectivity index (χ2v) is 7.11. The van der Waals surface area contributed by atoms with Gasteiger partial charge in [-0.2, -0.15) is 5.10 Å². The van der Waals surface area contributed by atoms with Crippen molar-refractivity contribution in [1.29, 1.82) is 0 Å². The molecule has 154 valence electrons. The van der Waals surface area contributed by atoms with Crippen LogP contribution in [-0.2, 0) is 13.1 Å². The Morgan fingerprint density at radius 2 is 1.59 bits per heavy atom. The van der Waals surface area contributed by atoms with Crippen molar-refractivity contribution in [3.8, 4) is 22.9 Å². The first kappa shape index (κ1) is 20.7. The standard InChI is InChI=1S/C23H29N3O3/c1-16(2)22-18(15-26(25-22)19-9-7-6-8-10-19)14-24-13-17-11-20(27-3)23(29-5)21(12-17)28-4/h6-12,15-16,24H,13-14H2,1-5H3. The van der Waals surface area contributed by atoms with Gasteiger partial charge in [0.05, 0.1) is 32.7 Å². The predicted molar refractivity (Wildman–Crippen MR) is 114 cm³/mol. The molecule has 0 radical (unpaired) electrons. The van der Waals surface area contributed by atoms with Gasteiger partial charge in [0.2, 0.25) is 5.75 Å². The molecular formula is C23H29N3O3. The molecule has 0 atom stereocenters. The minimum absolute atomic E-state index is 0.345. The molecule has 1 N–H and O–H groups in total. The molecule has 0 aliphatic carbocycles. The fraction of sp³-hybridized carbons (Fsp3) is 0.348. The number of hydrogen-bond donors (Lipinski definition) is 1. The van der Waals surface area contributed by atoms with E-state index in [0.29, 0.717) is 29.7 Å². The third-order valence-electron chi connectivity index (χ3n) is 4.76. The second-order valence-electron chi connectivity index (χ2n) is 7.11. The quantitative estimate of drug-likeness (QED) is 0.585. The van der Waals surface area contributed by atoms with Crippen molar-refractivity contribution in [2.75, 3.05) is 21.3 Å². The van der Waals surface area contributed by atoms with E-state index in [-0.39, 0.29) is 0 Å². The van der Waals surface area contributed by atoms with Crippen LogP contribution in [-0.4, -0.2) is 31.1 Å². The van der Waals surface area contributed by atoms with Crippen LogP contribution in [0.2, 0.25) is 0 Å². The van der Waals surface area contributed by atoms with Crippen molar-refractivity contribution in [3.05, 3.63) is 65.5 Å². The smallest absolute Gasteiger partial charge is 0.203 e. The average Bonchev–Trinajstić information content (AvgIpc) is 3.18. The minimum atomic E-state index is 0.345. The highest BCUT2D eigenvalue weighted by atomic mass is 16.5. The van der Waals surface area contributed by atoms with Crippen molar-refractivity contribution in [2.24, 2.45) is 0 Å². The number of para-hydroxylation sites is 1. The van der Waals surface area contributed by atoms with E-state index in [4.69, 9.17) is 19.3 Å². The third kappa shape index (κ3) is 4.71. The van der Waals surface area contributed by atoms with Gasteiger partial charge in [-0.1, -0.05) is 32.0 Å². The molecule has 3 aromatic rings. The van der Waals surface area contributed by atoms with Crippen LogP contribution in [0, 0.1) is 0 Å². The highest BCUT2D eigenvalue weighted by Gasteiger charge is 2.15. The summed E-state index contributed by atoms with van der Waals surface area (Å²) in [5, 5.41) is 8.32. The topological polar surface area (TPSA) is 57.5 Å². The molecule has 1 heterocycles. The molecule has 3 rings (SSSR count). The van der Waals surface area contributed by atoms with Crippen molar-refractivity contribution >= 4 is 0 Å². The molecule has 0 bridgehead atoms. The lowest BCUT2D eigenvalue weighted by molar-refractivity contribution is 0.323. The van der Waals surface area contributed by atoms with E-state index < -0.39 is 0 Å². The van der Waals surface area contributed by atoms with Gasteiger partial charge < -0.3 is 19.5 Å². The Morgan fingerprint density at radius 1 is 0.931 bits per heavy atom. The van der Waals surface area contributed by atoms with E-state index in [1.165, 1.54) is 5.56 Å². The molecule has 0 spiro atoms. The number of benzene rings is 2. The first-order valence-corrected chi connectivity index (χ1v) is 9.70. The van der Waals surface area contributed by atoms with Crippen LogP contribution in [0.25, 0.3) is 5.69 Å². The number of ether oxygens (including phenoxy) is 3. The summed E-state index contributed by atoms with van der Waals surface area (Å²) in [4.78, 5) is 0. The van der Waals surface area contributed by atoms with Crippen LogP contribution in [0.1, 0.15) is 36.6 Å². The SMILES string of the molecule is COc1cc(CNCc2cn(-c3ccccc3)nc2C(C)C)cc(OC)c1OC. The van der Waals surface area contributed by atoms with Crippen molar-refractivity contribution < 1.29 is 14.2 Å². The first-order valence-electron chi connectivity index (χ1n) is 9.70. The summed E-state index contributed by atoms with van der Waals surface area (Å²) >= 11 is 0. The zero-order chi connectivity index (χ0) is 20.8. The Balaban J connectivity index is 1.76. The molecule has 6 nitrogen and oxygen atoms in total. The van der Waals surface area contributed by atoms with Crippen LogP contribution in [0.5, 0.6) is 17.2 Å². The average molecular weight is 396 g/mol. The van der Waals surface area contributed by atoms with Crippen LogP contribution in [0.3, 0.4) is 0 Å². The molecule has 0 aliphatic heterocycles. The van der Waals surface area contributed by atoms with E-state index in [9.17, 15) is 0 Å². The van der Waals surface area contributed by atoms with Crippen molar-refractivity contribution in [2.45, 2.75) is 32.9 Å². The zero-order valence-electron chi connectivity index (χ0n) is 17.7. The Kier molecular flexibility index (Phi) is 6.77. The zero-order valence-corrected chi connectivity index (χ0v) is 17.7. The molecule has 0 aliphatic rings. The predicted octanol–water partition coefficient (Wildman–Crippen LogP) is 4.31. The largest absolute Gasteiger partial charge is 0.493 e. The molecule has 29 heavy (non-hydrogen) atoms. The number of hydrogen-bond acceptors (Lipinski definition) is 5. The van der Waals surface area contributed by atoms with Gasteiger partial charge in [0.15, 0.2) is 11.5 Å². The Labute approximate surface area is 172 Å². The van der Waals surface area contributed by atoms with E-state index in [1.54, 1.807) is 21.3 Å². The maximum Gasteiger partial charge on any atom is 0.203 e. The van der Waals surface area contributed by atoms with Gasteiger partial charge in [-0.25, -0.2) is 4.68 Å². The van der Waals surface area contributed by atoms with E-state index in [1.807, 2.05) is 35.0 Å². The van der Waals surface area contributed by atoms with Gasteiger partial charge in [0, 0.05) is 24.8 Å². The summed E-state index contributed by atoms with van der Waals surface area (Å²) in [5.41, 5.74) is 4.41. The fourth-order valence-corrected chi connectivity index (χ4v) is 3.34. The van der Waals surface area contributed by atoms with Gasteiger partial charge in [0.1, 0.15) is 0 Å². The van der Waals surface area contributed by atoms with Crippen LogP contribution in [0.4, 0.5) is 0 Å². The summed E-state index contributed by atoms with van der Waals surface area (Å²) in [6.07, 6.45) is 2.10. The summed E-state index contributed by atoms with van der Waals surface area (Å²) < 4.78 is 18.2. The monoisotopic (exact) mass is 395 g/mol.